The van der Waals surface area contributed by atoms with E-state index in [0.29, 0.717) is 18.7 Å². The molecule has 2 amide bonds. The number of carbonyl (C=O) groups excluding carboxylic acids is 2. The zero-order valence-electron chi connectivity index (χ0n) is 12.6. The molecule has 0 radical (unpaired) electrons. The van der Waals surface area contributed by atoms with Crippen molar-refractivity contribution in [1.82, 2.24) is 10.2 Å². The maximum absolute atomic E-state index is 13.2. The highest BCUT2D eigenvalue weighted by Gasteiger charge is 2.48. The van der Waals surface area contributed by atoms with Crippen LogP contribution in [0.4, 0.5) is 9.18 Å². The van der Waals surface area contributed by atoms with Gasteiger partial charge < -0.3 is 20.1 Å². The van der Waals surface area contributed by atoms with Crippen LogP contribution < -0.4 is 5.32 Å². The summed E-state index contributed by atoms with van der Waals surface area (Å²) in [5.74, 6) is -3.29. The number of amides is 2. The third kappa shape index (κ3) is 4.33. The molecule has 1 aliphatic heterocycles. The van der Waals surface area contributed by atoms with Crippen LogP contribution in [0.25, 0.3) is 0 Å². The van der Waals surface area contributed by atoms with Crippen molar-refractivity contribution >= 4 is 23.6 Å². The number of rotatable bonds is 5. The molecule has 2 N–H and O–H groups in total. The van der Waals surface area contributed by atoms with Crippen molar-refractivity contribution in [2.45, 2.75) is 32.1 Å². The molecule has 23 heavy (non-hydrogen) atoms. The van der Waals surface area contributed by atoms with Gasteiger partial charge in [-0.3, -0.25) is 4.79 Å². The molecule has 0 aromatic heterocycles. The van der Waals surface area contributed by atoms with Gasteiger partial charge in [-0.1, -0.05) is 18.5 Å². The molecule has 1 fully saturated rings. The topological polar surface area (TPSA) is 78.9 Å². The van der Waals surface area contributed by atoms with Crippen molar-refractivity contribution in [1.29, 1.82) is 0 Å². The average Bonchev–Trinajstić information content (AvgIpc) is 2.73. The van der Waals surface area contributed by atoms with Crippen molar-refractivity contribution in [3.05, 3.63) is 34.6 Å². The number of nitrogens with zero attached hydrogens (tertiary/aromatic N) is 1. The van der Waals surface area contributed by atoms with Crippen LogP contribution in [-0.4, -0.2) is 40.9 Å². The SMILES string of the molecule is CCCN1CC[C@](O)(OC(=O)NCc2cc(F)cc(Cl)c2)C1=O. The van der Waals surface area contributed by atoms with Crippen molar-refractivity contribution in [2.24, 2.45) is 0 Å². The molecule has 6 nitrogen and oxygen atoms in total. The molecule has 1 aromatic rings. The zero-order chi connectivity index (χ0) is 17.0. The number of carbonyl (C=O) groups is 2. The summed E-state index contributed by atoms with van der Waals surface area (Å²) in [6.07, 6.45) is -0.195. The van der Waals surface area contributed by atoms with E-state index in [-0.39, 0.29) is 18.0 Å². The summed E-state index contributed by atoms with van der Waals surface area (Å²) >= 11 is 5.72. The number of ether oxygens (including phenoxy) is 1. The van der Waals surface area contributed by atoms with Gasteiger partial charge >= 0.3 is 6.09 Å². The minimum atomic E-state index is -2.14. The van der Waals surface area contributed by atoms with Crippen LogP contribution in [0.1, 0.15) is 25.3 Å². The van der Waals surface area contributed by atoms with E-state index in [4.69, 9.17) is 16.3 Å². The number of hydrogen-bond donors (Lipinski definition) is 2. The summed E-state index contributed by atoms with van der Waals surface area (Å²) in [5.41, 5.74) is 0.435. The summed E-state index contributed by atoms with van der Waals surface area (Å²) in [6.45, 7) is 2.69. The first-order chi connectivity index (χ1) is 10.8. The lowest BCUT2D eigenvalue weighted by Crippen LogP contribution is -2.46. The number of halogens is 2. The highest BCUT2D eigenvalue weighted by Crippen LogP contribution is 2.24. The van der Waals surface area contributed by atoms with Crippen LogP contribution >= 0.6 is 11.6 Å². The largest absolute Gasteiger partial charge is 0.410 e. The Labute approximate surface area is 138 Å². The lowest BCUT2D eigenvalue weighted by Gasteiger charge is -2.22. The molecule has 1 aromatic carbocycles. The first kappa shape index (κ1) is 17.5. The van der Waals surface area contributed by atoms with E-state index in [1.54, 1.807) is 0 Å². The van der Waals surface area contributed by atoms with Gasteiger partial charge in [0.1, 0.15) is 5.82 Å². The van der Waals surface area contributed by atoms with Crippen LogP contribution in [0.3, 0.4) is 0 Å². The second-order valence-electron chi connectivity index (χ2n) is 5.35. The average molecular weight is 345 g/mol. The van der Waals surface area contributed by atoms with Gasteiger partial charge in [0.2, 0.25) is 0 Å². The van der Waals surface area contributed by atoms with Gasteiger partial charge in [-0.05, 0) is 30.2 Å². The van der Waals surface area contributed by atoms with Gasteiger partial charge in [0.15, 0.2) is 0 Å². The fraction of sp³-hybridized carbons (Fsp3) is 0.467. The van der Waals surface area contributed by atoms with Crippen LogP contribution in [0.5, 0.6) is 0 Å². The Bertz CT molecular complexity index is 593. The van der Waals surface area contributed by atoms with E-state index >= 15 is 0 Å². The summed E-state index contributed by atoms with van der Waals surface area (Å²) in [6, 6.07) is 3.85. The quantitative estimate of drug-likeness (QED) is 0.801. The van der Waals surface area contributed by atoms with Crippen molar-refractivity contribution in [3.8, 4) is 0 Å². The molecule has 0 bridgehead atoms. The fourth-order valence-electron chi connectivity index (χ4n) is 2.40. The summed E-state index contributed by atoms with van der Waals surface area (Å²) in [4.78, 5) is 25.2. The maximum atomic E-state index is 13.2. The fourth-order valence-corrected chi connectivity index (χ4v) is 2.64. The Kier molecular flexibility index (Phi) is 5.43. The molecule has 126 valence electrons. The van der Waals surface area contributed by atoms with E-state index in [0.717, 1.165) is 12.5 Å². The number of benzene rings is 1. The third-order valence-electron chi connectivity index (χ3n) is 3.46. The molecule has 0 unspecified atom stereocenters. The normalized spacial score (nSPS) is 20.7. The minimum Gasteiger partial charge on any atom is -0.407 e. The highest BCUT2D eigenvalue weighted by molar-refractivity contribution is 6.30. The van der Waals surface area contributed by atoms with Crippen LogP contribution in [0.15, 0.2) is 18.2 Å². The first-order valence-corrected chi connectivity index (χ1v) is 7.65. The molecule has 1 atom stereocenters. The highest BCUT2D eigenvalue weighted by atomic mass is 35.5. The third-order valence-corrected chi connectivity index (χ3v) is 3.67. The maximum Gasteiger partial charge on any atom is 0.410 e. The molecule has 0 aliphatic carbocycles. The van der Waals surface area contributed by atoms with Gasteiger partial charge in [0, 0.05) is 31.1 Å². The van der Waals surface area contributed by atoms with E-state index in [1.165, 1.54) is 17.0 Å². The Morgan fingerprint density at radius 1 is 1.52 bits per heavy atom. The van der Waals surface area contributed by atoms with Gasteiger partial charge in [0.05, 0.1) is 0 Å². The van der Waals surface area contributed by atoms with Gasteiger partial charge in [0.25, 0.3) is 11.7 Å². The van der Waals surface area contributed by atoms with E-state index in [9.17, 15) is 19.1 Å². The summed E-state index contributed by atoms with van der Waals surface area (Å²) in [5, 5.41) is 12.7. The standard InChI is InChI=1S/C15H18ClFN2O4/c1-2-4-19-5-3-15(22,13(19)20)23-14(21)18-9-10-6-11(16)8-12(17)7-10/h6-8,22H,2-5,9H2,1H3,(H,18,21)/t15-/m0/s1. The second-order valence-corrected chi connectivity index (χ2v) is 5.78. The first-order valence-electron chi connectivity index (χ1n) is 7.27. The Balaban J connectivity index is 1.90. The van der Waals surface area contributed by atoms with Crippen molar-refractivity contribution in [3.63, 3.8) is 0 Å². The monoisotopic (exact) mass is 344 g/mol. The van der Waals surface area contributed by atoms with Gasteiger partial charge in [-0.2, -0.15) is 0 Å². The Morgan fingerprint density at radius 3 is 2.91 bits per heavy atom. The van der Waals surface area contributed by atoms with Gasteiger partial charge in [-0.15, -0.1) is 0 Å². The molecular formula is C15H18ClFN2O4. The predicted molar refractivity (Wildman–Crippen MR) is 81.2 cm³/mol. The minimum absolute atomic E-state index is 0.0189. The number of likely N-dealkylation sites (tertiary alicyclic amines) is 1. The van der Waals surface area contributed by atoms with Crippen LogP contribution in [0.2, 0.25) is 5.02 Å². The second kappa shape index (κ2) is 7.14. The smallest absolute Gasteiger partial charge is 0.407 e. The number of alkyl carbamates (subject to hydrolysis) is 1. The van der Waals surface area contributed by atoms with Crippen molar-refractivity contribution < 1.29 is 23.8 Å². The van der Waals surface area contributed by atoms with E-state index in [2.05, 4.69) is 5.32 Å². The molecule has 0 saturated carbocycles. The van der Waals surface area contributed by atoms with Crippen molar-refractivity contribution in [2.75, 3.05) is 13.1 Å². The molecular weight excluding hydrogens is 327 g/mol. The molecule has 1 aliphatic rings. The lowest BCUT2D eigenvalue weighted by atomic mass is 10.2. The molecule has 8 heteroatoms. The molecule has 1 saturated heterocycles. The lowest BCUT2D eigenvalue weighted by molar-refractivity contribution is -0.182. The molecule has 1 heterocycles. The Hall–Kier alpha value is -1.86. The molecule has 0 spiro atoms. The molecule has 2 rings (SSSR count). The van der Waals surface area contributed by atoms with E-state index in [1.807, 2.05) is 6.92 Å². The predicted octanol–water partition coefficient (Wildman–Crippen LogP) is 2.04. The van der Waals surface area contributed by atoms with Gasteiger partial charge in [-0.25, -0.2) is 9.18 Å². The van der Waals surface area contributed by atoms with E-state index < -0.39 is 23.6 Å². The Morgan fingerprint density at radius 2 is 2.26 bits per heavy atom. The van der Waals surface area contributed by atoms with Crippen LogP contribution in [0, 0.1) is 5.82 Å². The number of nitrogens with one attached hydrogen (secondary N) is 1. The summed E-state index contributed by atoms with van der Waals surface area (Å²) in [7, 11) is 0. The number of aliphatic hydroxyl groups is 1. The summed E-state index contributed by atoms with van der Waals surface area (Å²) < 4.78 is 18.0. The zero-order valence-corrected chi connectivity index (χ0v) is 13.4. The number of hydrogen-bond acceptors (Lipinski definition) is 4. The van der Waals surface area contributed by atoms with Crippen LogP contribution in [-0.2, 0) is 16.1 Å².